The van der Waals surface area contributed by atoms with Crippen LogP contribution in [-0.4, -0.2) is 13.2 Å². The second-order valence-corrected chi connectivity index (χ2v) is 5.90. The van der Waals surface area contributed by atoms with Crippen molar-refractivity contribution in [2.75, 3.05) is 7.11 Å². The van der Waals surface area contributed by atoms with Crippen molar-refractivity contribution >= 4 is 0 Å². The van der Waals surface area contributed by atoms with E-state index in [1.165, 1.54) is 19.4 Å². The smallest absolute Gasteiger partial charge is 0.416 e. The molecule has 0 fully saturated rings. The topological polar surface area (TPSA) is 45.4 Å². The predicted octanol–water partition coefficient (Wildman–Crippen LogP) is 4.69. The molecule has 0 amide bonds. The van der Waals surface area contributed by atoms with Crippen LogP contribution in [0.25, 0.3) is 11.1 Å². The zero-order valence-corrected chi connectivity index (χ0v) is 15.1. The summed E-state index contributed by atoms with van der Waals surface area (Å²) < 4.78 is 50.6. The molecule has 2 rings (SSSR count). The van der Waals surface area contributed by atoms with Gasteiger partial charge >= 0.3 is 6.18 Å². The van der Waals surface area contributed by atoms with E-state index in [0.717, 1.165) is 25.0 Å². The third kappa shape index (κ3) is 4.20. The van der Waals surface area contributed by atoms with Crippen LogP contribution in [0, 0.1) is 18.3 Å². The van der Waals surface area contributed by atoms with Gasteiger partial charge in [0.2, 0.25) is 6.20 Å². The summed E-state index contributed by atoms with van der Waals surface area (Å²) in [5.74, 6) is 0.345. The molecule has 0 saturated carbocycles. The number of nitrogens with zero attached hydrogens (tertiary/aromatic N) is 1. The number of rotatable bonds is 6. The number of pyridine rings is 1. The fourth-order valence-electron chi connectivity index (χ4n) is 2.74. The van der Waals surface area contributed by atoms with Crippen molar-refractivity contribution in [1.82, 2.24) is 0 Å². The second-order valence-electron chi connectivity index (χ2n) is 5.90. The van der Waals surface area contributed by atoms with Crippen LogP contribution in [0.4, 0.5) is 13.2 Å². The van der Waals surface area contributed by atoms with E-state index in [2.05, 4.69) is 6.20 Å². The molecule has 0 saturated heterocycles. The summed E-state index contributed by atoms with van der Waals surface area (Å²) in [5.41, 5.74) is 0.559. The van der Waals surface area contributed by atoms with Gasteiger partial charge in [0, 0.05) is 16.7 Å². The van der Waals surface area contributed by atoms with Crippen molar-refractivity contribution in [2.24, 2.45) is 0 Å². The van der Waals surface area contributed by atoms with Crippen molar-refractivity contribution in [1.29, 1.82) is 0 Å². The Morgan fingerprint density at radius 2 is 1.85 bits per heavy atom. The van der Waals surface area contributed by atoms with Crippen LogP contribution in [0.2, 0.25) is 0 Å². The highest BCUT2D eigenvalue weighted by Gasteiger charge is 2.32. The predicted molar refractivity (Wildman–Crippen MR) is 91.0 cm³/mol. The van der Waals surface area contributed by atoms with Crippen LogP contribution in [0.15, 0.2) is 24.4 Å². The van der Waals surface area contributed by atoms with E-state index in [0.29, 0.717) is 27.2 Å². The van der Waals surface area contributed by atoms with Crippen molar-refractivity contribution in [3.8, 4) is 22.6 Å². The van der Waals surface area contributed by atoms with Crippen molar-refractivity contribution in [3.05, 3.63) is 46.9 Å². The van der Waals surface area contributed by atoms with Gasteiger partial charge in [0.25, 0.3) is 6.20 Å². The maximum atomic E-state index is 13.0. The van der Waals surface area contributed by atoms with Gasteiger partial charge in [0.05, 0.1) is 18.8 Å². The SMILES string of the molecule is CCC(CC)Oc1c[n+]([O-])[c]c(C)c1-c1ccc(C(F)(F)F)cc1OC. The highest BCUT2D eigenvalue weighted by molar-refractivity contribution is 5.78. The number of aromatic nitrogens is 1. The first-order valence-electron chi connectivity index (χ1n) is 8.29. The van der Waals surface area contributed by atoms with E-state index in [4.69, 9.17) is 9.47 Å². The molecule has 0 aliphatic rings. The van der Waals surface area contributed by atoms with Crippen LogP contribution in [0.5, 0.6) is 11.5 Å². The largest absolute Gasteiger partial charge is 0.618 e. The lowest BCUT2D eigenvalue weighted by Crippen LogP contribution is -2.28. The molecule has 141 valence electrons. The number of ether oxygens (including phenoxy) is 2. The highest BCUT2D eigenvalue weighted by atomic mass is 19.4. The summed E-state index contributed by atoms with van der Waals surface area (Å²) in [6.45, 7) is 5.57. The molecule has 0 N–H and O–H groups in total. The molecule has 2 aromatic rings. The summed E-state index contributed by atoms with van der Waals surface area (Å²) in [4.78, 5) is 0. The molecule has 0 unspecified atom stereocenters. The molecular weight excluding hydrogens is 347 g/mol. The zero-order chi connectivity index (χ0) is 19.5. The van der Waals surface area contributed by atoms with E-state index >= 15 is 0 Å². The van der Waals surface area contributed by atoms with Gasteiger partial charge in [-0.15, -0.1) is 0 Å². The Hall–Kier alpha value is -2.44. The van der Waals surface area contributed by atoms with Crippen molar-refractivity contribution < 1.29 is 27.4 Å². The minimum absolute atomic E-state index is 0.0503. The van der Waals surface area contributed by atoms with E-state index in [-0.39, 0.29) is 11.9 Å². The van der Waals surface area contributed by atoms with Gasteiger partial charge in [-0.25, -0.2) is 0 Å². The second kappa shape index (κ2) is 7.85. The number of alkyl halides is 3. The molecule has 26 heavy (non-hydrogen) atoms. The van der Waals surface area contributed by atoms with Crippen LogP contribution < -0.4 is 14.2 Å². The van der Waals surface area contributed by atoms with Crippen LogP contribution >= 0.6 is 0 Å². The number of halogens is 3. The average Bonchev–Trinajstić information content (AvgIpc) is 2.58. The van der Waals surface area contributed by atoms with Gasteiger partial charge in [-0.1, -0.05) is 13.8 Å². The molecule has 4 nitrogen and oxygen atoms in total. The molecule has 0 aliphatic carbocycles. The standard InChI is InChI=1S/C19H21F3NO3/c1-5-14(6-2)26-17-11-23(24)10-12(3)18(17)15-8-7-13(19(20,21)22)9-16(15)25-4/h7-9,11,14H,5-6H2,1-4H3. The molecule has 1 heterocycles. The summed E-state index contributed by atoms with van der Waals surface area (Å²) in [6, 6.07) is 3.25. The number of aryl methyl sites for hydroxylation is 1. The summed E-state index contributed by atoms with van der Waals surface area (Å²) in [7, 11) is 1.30. The number of methoxy groups -OCH3 is 1. The van der Waals surface area contributed by atoms with E-state index in [9.17, 15) is 18.4 Å². The number of benzene rings is 1. The normalized spacial score (nSPS) is 11.7. The highest BCUT2D eigenvalue weighted by Crippen LogP contribution is 2.41. The molecule has 0 bridgehead atoms. The van der Waals surface area contributed by atoms with Crippen LogP contribution in [0.3, 0.4) is 0 Å². The maximum Gasteiger partial charge on any atom is 0.416 e. The fraction of sp³-hybridized carbons (Fsp3) is 0.421. The maximum absolute atomic E-state index is 13.0. The Morgan fingerprint density at radius 3 is 2.38 bits per heavy atom. The number of hydrogen-bond acceptors (Lipinski definition) is 3. The summed E-state index contributed by atoms with van der Waals surface area (Å²) in [5, 5.41) is 11.8. The Kier molecular flexibility index (Phi) is 6.00. The molecule has 0 atom stereocenters. The molecule has 7 heteroatoms. The molecule has 1 aromatic carbocycles. The monoisotopic (exact) mass is 368 g/mol. The minimum Gasteiger partial charge on any atom is -0.618 e. The third-order valence-electron chi connectivity index (χ3n) is 4.14. The van der Waals surface area contributed by atoms with Gasteiger partial charge in [-0.3, -0.25) is 0 Å². The fourth-order valence-corrected chi connectivity index (χ4v) is 2.74. The van der Waals surface area contributed by atoms with E-state index in [1.807, 2.05) is 13.8 Å². The lowest BCUT2D eigenvalue weighted by atomic mass is 9.98. The van der Waals surface area contributed by atoms with Gasteiger partial charge in [-0.05, 0) is 38.0 Å². The first-order valence-corrected chi connectivity index (χ1v) is 8.29. The Balaban J connectivity index is 2.64. The van der Waals surface area contributed by atoms with Gasteiger partial charge < -0.3 is 14.7 Å². The van der Waals surface area contributed by atoms with Gasteiger partial charge in [-0.2, -0.15) is 17.9 Å². The molecule has 0 aliphatic heterocycles. The number of hydrogen-bond donors (Lipinski definition) is 0. The Bertz CT molecular complexity index is 771. The first kappa shape index (κ1) is 19.9. The average molecular weight is 368 g/mol. The van der Waals surface area contributed by atoms with Crippen LogP contribution in [0.1, 0.15) is 37.8 Å². The summed E-state index contributed by atoms with van der Waals surface area (Å²) >= 11 is 0. The lowest BCUT2D eigenvalue weighted by molar-refractivity contribution is -0.610. The Morgan fingerprint density at radius 1 is 1.19 bits per heavy atom. The molecule has 1 aromatic heterocycles. The zero-order valence-electron chi connectivity index (χ0n) is 15.1. The molecule has 1 radical (unpaired) electrons. The van der Waals surface area contributed by atoms with Gasteiger partial charge in [0.1, 0.15) is 5.75 Å². The molecule has 0 spiro atoms. The minimum atomic E-state index is -4.48. The van der Waals surface area contributed by atoms with Crippen LogP contribution in [-0.2, 0) is 6.18 Å². The lowest BCUT2D eigenvalue weighted by Gasteiger charge is -2.20. The van der Waals surface area contributed by atoms with Crippen molar-refractivity contribution in [3.63, 3.8) is 0 Å². The summed E-state index contributed by atoms with van der Waals surface area (Å²) in [6.07, 6.45) is 0.695. The van der Waals surface area contributed by atoms with E-state index < -0.39 is 11.7 Å². The van der Waals surface area contributed by atoms with E-state index in [1.54, 1.807) is 6.92 Å². The quantitative estimate of drug-likeness (QED) is 0.549. The Labute approximate surface area is 150 Å². The van der Waals surface area contributed by atoms with Gasteiger partial charge in [0.15, 0.2) is 5.75 Å². The third-order valence-corrected chi connectivity index (χ3v) is 4.14. The molecular formula is C19H21F3NO3. The first-order chi connectivity index (χ1) is 12.2. The van der Waals surface area contributed by atoms with Crippen molar-refractivity contribution in [2.45, 2.75) is 45.9 Å².